The van der Waals surface area contributed by atoms with Crippen LogP contribution in [0.4, 0.5) is 0 Å². The maximum Gasteiger partial charge on any atom is 0.164 e. The van der Waals surface area contributed by atoms with Crippen molar-refractivity contribution in [1.82, 2.24) is 0 Å². The molecule has 1 aliphatic rings. The van der Waals surface area contributed by atoms with Gasteiger partial charge in [-0.3, -0.25) is 0 Å². The van der Waals surface area contributed by atoms with Crippen molar-refractivity contribution < 1.29 is 14.6 Å². The zero-order valence-corrected chi connectivity index (χ0v) is 10.6. The molecule has 0 aliphatic carbocycles. The van der Waals surface area contributed by atoms with E-state index in [0.717, 1.165) is 15.6 Å². The Morgan fingerprint density at radius 3 is 2.88 bits per heavy atom. The van der Waals surface area contributed by atoms with E-state index in [2.05, 4.69) is 15.9 Å². The number of benzene rings is 1. The van der Waals surface area contributed by atoms with Gasteiger partial charge in [0.1, 0.15) is 13.2 Å². The molecule has 16 heavy (non-hydrogen) atoms. The van der Waals surface area contributed by atoms with Gasteiger partial charge in [0.05, 0.1) is 6.10 Å². The van der Waals surface area contributed by atoms with Crippen molar-refractivity contribution in [3.63, 3.8) is 0 Å². The highest BCUT2D eigenvalue weighted by Crippen LogP contribution is 2.41. The zero-order chi connectivity index (χ0) is 11.7. The molecule has 1 aromatic rings. The summed E-state index contributed by atoms with van der Waals surface area (Å²) in [5.41, 5.74) is 7.12. The number of aliphatic hydroxyl groups excluding tert-OH is 1. The average molecular weight is 288 g/mol. The Bertz CT molecular complexity index is 409. The molecule has 0 spiro atoms. The Kier molecular flexibility index (Phi) is 3.37. The van der Waals surface area contributed by atoms with Crippen molar-refractivity contribution >= 4 is 15.9 Å². The van der Waals surface area contributed by atoms with Crippen LogP contribution in [0.5, 0.6) is 11.5 Å². The monoisotopic (exact) mass is 287 g/mol. The normalized spacial score (nSPS) is 16.0. The average Bonchev–Trinajstić information content (AvgIpc) is 2.28. The molecule has 0 saturated carbocycles. The Morgan fingerprint density at radius 1 is 1.50 bits per heavy atom. The molecule has 1 unspecified atom stereocenters. The Hall–Kier alpha value is -0.780. The fourth-order valence-electron chi connectivity index (χ4n) is 1.85. The fraction of sp³-hybridized carbons (Fsp3) is 0.455. The molecule has 0 saturated heterocycles. The number of fused-ring (bicyclic) bond motifs is 1. The van der Waals surface area contributed by atoms with Gasteiger partial charge in [0, 0.05) is 22.1 Å². The van der Waals surface area contributed by atoms with Crippen LogP contribution in [-0.2, 0) is 0 Å². The van der Waals surface area contributed by atoms with Crippen molar-refractivity contribution in [1.29, 1.82) is 0 Å². The maximum atomic E-state index is 9.84. The fourth-order valence-corrected chi connectivity index (χ4v) is 2.62. The van der Waals surface area contributed by atoms with Gasteiger partial charge in [-0.1, -0.05) is 15.9 Å². The molecule has 1 aromatic carbocycles. The number of aliphatic hydroxyl groups is 1. The Balaban J connectivity index is 2.54. The lowest BCUT2D eigenvalue weighted by Crippen LogP contribution is -2.19. The lowest BCUT2D eigenvalue weighted by atomic mass is 10.0. The predicted molar refractivity (Wildman–Crippen MR) is 63.9 cm³/mol. The van der Waals surface area contributed by atoms with Gasteiger partial charge in [-0.25, -0.2) is 0 Å². The summed E-state index contributed by atoms with van der Waals surface area (Å²) >= 11 is 3.42. The number of nitrogens with two attached hydrogens (primary N) is 1. The van der Waals surface area contributed by atoms with Crippen LogP contribution in [0.15, 0.2) is 10.5 Å². The minimum Gasteiger partial charge on any atom is -0.486 e. The second-order valence-corrected chi connectivity index (χ2v) is 4.53. The van der Waals surface area contributed by atoms with Crippen LogP contribution in [0.2, 0.25) is 0 Å². The van der Waals surface area contributed by atoms with E-state index in [0.29, 0.717) is 24.7 Å². The molecule has 0 fully saturated rings. The molecule has 5 heteroatoms. The molecule has 0 aromatic heterocycles. The van der Waals surface area contributed by atoms with E-state index >= 15 is 0 Å². The minimum absolute atomic E-state index is 0.180. The molecule has 4 nitrogen and oxygen atoms in total. The van der Waals surface area contributed by atoms with Gasteiger partial charge < -0.3 is 20.3 Å². The summed E-state index contributed by atoms with van der Waals surface area (Å²) in [7, 11) is 0. The quantitative estimate of drug-likeness (QED) is 0.866. The van der Waals surface area contributed by atoms with Crippen LogP contribution in [0.25, 0.3) is 0 Å². The van der Waals surface area contributed by atoms with Gasteiger partial charge in [0.15, 0.2) is 11.5 Å². The molecule has 2 rings (SSSR count). The summed E-state index contributed by atoms with van der Waals surface area (Å²) in [4.78, 5) is 0. The minimum atomic E-state index is -0.690. The summed E-state index contributed by atoms with van der Waals surface area (Å²) in [6, 6.07) is 1.82. The van der Waals surface area contributed by atoms with Crippen molar-refractivity contribution in [2.75, 3.05) is 19.8 Å². The molecule has 88 valence electrons. The number of halogens is 1. The first-order chi connectivity index (χ1) is 7.65. The Morgan fingerprint density at radius 2 is 2.19 bits per heavy atom. The smallest absolute Gasteiger partial charge is 0.164 e. The van der Waals surface area contributed by atoms with Gasteiger partial charge in [-0.15, -0.1) is 0 Å². The summed E-state index contributed by atoms with van der Waals surface area (Å²) < 4.78 is 11.8. The topological polar surface area (TPSA) is 64.7 Å². The largest absolute Gasteiger partial charge is 0.486 e. The molecule has 0 bridgehead atoms. The van der Waals surface area contributed by atoms with Gasteiger partial charge in [0.25, 0.3) is 0 Å². The Labute approximate surface area is 102 Å². The molecule has 0 amide bonds. The van der Waals surface area contributed by atoms with E-state index in [-0.39, 0.29) is 6.54 Å². The summed E-state index contributed by atoms with van der Waals surface area (Å²) in [6.07, 6.45) is -0.690. The van der Waals surface area contributed by atoms with Crippen LogP contribution in [0, 0.1) is 6.92 Å². The van der Waals surface area contributed by atoms with E-state index in [1.54, 1.807) is 0 Å². The van der Waals surface area contributed by atoms with Crippen molar-refractivity contribution in [3.05, 3.63) is 21.7 Å². The molecule has 1 atom stereocenters. The lowest BCUT2D eigenvalue weighted by Gasteiger charge is -2.24. The number of rotatable bonds is 2. The van der Waals surface area contributed by atoms with Gasteiger partial charge in [-0.2, -0.15) is 0 Å². The van der Waals surface area contributed by atoms with Crippen molar-refractivity contribution in [3.8, 4) is 11.5 Å². The highest BCUT2D eigenvalue weighted by molar-refractivity contribution is 9.10. The summed E-state index contributed by atoms with van der Waals surface area (Å²) in [5.74, 6) is 1.42. The third kappa shape index (κ3) is 1.90. The highest BCUT2D eigenvalue weighted by Gasteiger charge is 2.22. The van der Waals surface area contributed by atoms with Crippen LogP contribution in [0.1, 0.15) is 17.2 Å². The molecular formula is C11H14BrNO3. The molecular weight excluding hydrogens is 274 g/mol. The predicted octanol–water partition coefficient (Wildman–Crippen LogP) is 1.52. The third-order valence-electron chi connectivity index (χ3n) is 2.63. The first-order valence-electron chi connectivity index (χ1n) is 5.12. The van der Waals surface area contributed by atoms with Gasteiger partial charge >= 0.3 is 0 Å². The van der Waals surface area contributed by atoms with E-state index in [9.17, 15) is 5.11 Å². The first kappa shape index (κ1) is 11.7. The van der Waals surface area contributed by atoms with Crippen molar-refractivity contribution in [2.24, 2.45) is 5.73 Å². The van der Waals surface area contributed by atoms with E-state index < -0.39 is 6.10 Å². The summed E-state index contributed by atoms with van der Waals surface area (Å²) in [6.45, 7) is 3.16. The van der Waals surface area contributed by atoms with Gasteiger partial charge in [0.2, 0.25) is 0 Å². The third-order valence-corrected chi connectivity index (χ3v) is 3.28. The van der Waals surface area contributed by atoms with E-state index in [4.69, 9.17) is 15.2 Å². The van der Waals surface area contributed by atoms with Gasteiger partial charge in [-0.05, 0) is 13.0 Å². The zero-order valence-electron chi connectivity index (χ0n) is 9.00. The van der Waals surface area contributed by atoms with Crippen LogP contribution >= 0.6 is 15.9 Å². The highest BCUT2D eigenvalue weighted by atomic mass is 79.9. The van der Waals surface area contributed by atoms with Crippen LogP contribution < -0.4 is 15.2 Å². The first-order valence-corrected chi connectivity index (χ1v) is 5.91. The lowest BCUT2D eigenvalue weighted by molar-refractivity contribution is 0.164. The van der Waals surface area contributed by atoms with Crippen LogP contribution in [0.3, 0.4) is 0 Å². The number of ether oxygens (including phenoxy) is 2. The summed E-state index contributed by atoms with van der Waals surface area (Å²) in [5, 5.41) is 9.84. The molecule has 1 heterocycles. The van der Waals surface area contributed by atoms with E-state index in [1.165, 1.54) is 0 Å². The number of hydrogen-bond donors (Lipinski definition) is 2. The van der Waals surface area contributed by atoms with Crippen molar-refractivity contribution in [2.45, 2.75) is 13.0 Å². The second-order valence-electron chi connectivity index (χ2n) is 3.67. The SMILES string of the molecule is Cc1c2c(cc(Br)c1C(O)CN)OCCO2. The maximum absolute atomic E-state index is 9.84. The molecule has 1 aliphatic heterocycles. The molecule has 0 radical (unpaired) electrons. The second kappa shape index (κ2) is 4.61. The number of hydrogen-bond acceptors (Lipinski definition) is 4. The standard InChI is InChI=1S/C11H14BrNO3/c1-6-10(8(14)5-13)7(12)4-9-11(6)16-3-2-15-9/h4,8,14H,2-3,5,13H2,1H3. The van der Waals surface area contributed by atoms with Crippen LogP contribution in [-0.4, -0.2) is 24.9 Å². The van der Waals surface area contributed by atoms with E-state index in [1.807, 2.05) is 13.0 Å². The molecule has 3 N–H and O–H groups in total.